The van der Waals surface area contributed by atoms with Gasteiger partial charge in [0, 0.05) is 17.0 Å². The van der Waals surface area contributed by atoms with Crippen molar-refractivity contribution in [1.29, 1.82) is 0 Å². The van der Waals surface area contributed by atoms with Crippen LogP contribution >= 0.6 is 11.6 Å². The number of rotatable bonds is 4. The summed E-state index contributed by atoms with van der Waals surface area (Å²) in [5.74, 6) is 0.553. The van der Waals surface area contributed by atoms with Crippen LogP contribution in [0.15, 0.2) is 42.5 Å². The van der Waals surface area contributed by atoms with Gasteiger partial charge >= 0.3 is 0 Å². The summed E-state index contributed by atoms with van der Waals surface area (Å²) in [5, 5.41) is 7.45. The Morgan fingerprint density at radius 3 is 2.70 bits per heavy atom. The van der Waals surface area contributed by atoms with Gasteiger partial charge in [0.15, 0.2) is 6.61 Å². The number of aromatic nitrogens is 2. The van der Waals surface area contributed by atoms with E-state index in [0.29, 0.717) is 23.9 Å². The molecule has 3 aromatic rings. The van der Waals surface area contributed by atoms with Gasteiger partial charge in [0.1, 0.15) is 11.6 Å². The smallest absolute Gasteiger partial charge is 0.262 e. The van der Waals surface area contributed by atoms with Crippen molar-refractivity contribution in [2.75, 3.05) is 17.8 Å². The Morgan fingerprint density at radius 1 is 1.22 bits per heavy atom. The zero-order chi connectivity index (χ0) is 19.0. The highest BCUT2D eigenvalue weighted by Gasteiger charge is 2.22. The topological polar surface area (TPSA) is 56.2 Å². The summed E-state index contributed by atoms with van der Waals surface area (Å²) >= 11 is 5.95. The molecule has 4 rings (SSSR count). The molecule has 7 heteroatoms. The van der Waals surface area contributed by atoms with E-state index in [-0.39, 0.29) is 18.3 Å². The van der Waals surface area contributed by atoms with Gasteiger partial charge in [0.2, 0.25) is 0 Å². The zero-order valence-corrected chi connectivity index (χ0v) is 15.4. The Kier molecular flexibility index (Phi) is 4.58. The molecule has 138 valence electrons. The fourth-order valence-electron chi connectivity index (χ4n) is 3.31. The van der Waals surface area contributed by atoms with Gasteiger partial charge in [-0.2, -0.15) is 5.10 Å². The number of hydrogen-bond donors (Lipinski definition) is 1. The fourth-order valence-corrected chi connectivity index (χ4v) is 3.47. The molecule has 2 heterocycles. The van der Waals surface area contributed by atoms with Crippen LogP contribution < -0.4 is 10.1 Å². The molecule has 1 aromatic heterocycles. The lowest BCUT2D eigenvalue weighted by atomic mass is 9.98. The molecule has 5 nitrogen and oxygen atoms in total. The van der Waals surface area contributed by atoms with Gasteiger partial charge in [-0.25, -0.2) is 4.39 Å². The molecular weight excluding hydrogens is 369 g/mol. The van der Waals surface area contributed by atoms with E-state index in [1.807, 2.05) is 29.8 Å². The molecule has 27 heavy (non-hydrogen) atoms. The van der Waals surface area contributed by atoms with Crippen LogP contribution in [0.2, 0.25) is 0 Å². The maximum absolute atomic E-state index is 13.4. The lowest BCUT2D eigenvalue weighted by Gasteiger charge is -2.19. The lowest BCUT2D eigenvalue weighted by molar-refractivity contribution is -0.118. The van der Waals surface area contributed by atoms with Gasteiger partial charge in [-0.1, -0.05) is 6.07 Å². The summed E-state index contributed by atoms with van der Waals surface area (Å²) < 4.78 is 20.7. The van der Waals surface area contributed by atoms with Crippen LogP contribution in [0.3, 0.4) is 0 Å². The number of alkyl halides is 1. The van der Waals surface area contributed by atoms with E-state index in [1.165, 1.54) is 12.1 Å². The second-order valence-electron chi connectivity index (χ2n) is 6.28. The number of nitrogens with one attached hydrogen (secondary N) is 1. The SMILES string of the molecule is Cc1nn(CCCl)c(-c2ccc(F)cc2)c1-c1ccc2c(c1)NC(=O)CO2. The summed E-state index contributed by atoms with van der Waals surface area (Å²) in [5.41, 5.74) is 4.94. The van der Waals surface area contributed by atoms with Gasteiger partial charge in [-0.15, -0.1) is 11.6 Å². The van der Waals surface area contributed by atoms with E-state index in [4.69, 9.17) is 16.3 Å². The maximum atomic E-state index is 13.4. The number of halogens is 2. The lowest BCUT2D eigenvalue weighted by Crippen LogP contribution is -2.25. The predicted molar refractivity (Wildman–Crippen MR) is 103 cm³/mol. The third-order valence-corrected chi connectivity index (χ3v) is 4.61. The van der Waals surface area contributed by atoms with Crippen molar-refractivity contribution in [1.82, 2.24) is 9.78 Å². The summed E-state index contributed by atoms with van der Waals surface area (Å²) in [6.07, 6.45) is 0. The quantitative estimate of drug-likeness (QED) is 0.683. The summed E-state index contributed by atoms with van der Waals surface area (Å²) in [6, 6.07) is 11.9. The predicted octanol–water partition coefficient (Wildman–Crippen LogP) is 4.23. The summed E-state index contributed by atoms with van der Waals surface area (Å²) in [4.78, 5) is 11.6. The van der Waals surface area contributed by atoms with Gasteiger partial charge in [0.25, 0.3) is 5.91 Å². The number of carbonyl (C=O) groups is 1. The molecule has 1 N–H and O–H groups in total. The third-order valence-electron chi connectivity index (χ3n) is 4.44. The largest absolute Gasteiger partial charge is 0.482 e. The summed E-state index contributed by atoms with van der Waals surface area (Å²) in [7, 11) is 0. The van der Waals surface area contributed by atoms with Crippen molar-refractivity contribution in [3.8, 4) is 28.1 Å². The first kappa shape index (κ1) is 17.5. The molecule has 2 aromatic carbocycles. The Labute approximate surface area is 160 Å². The number of hydrogen-bond acceptors (Lipinski definition) is 3. The van der Waals surface area contributed by atoms with Crippen LogP contribution in [0.1, 0.15) is 5.69 Å². The van der Waals surface area contributed by atoms with Gasteiger partial charge in [-0.3, -0.25) is 9.48 Å². The second-order valence-corrected chi connectivity index (χ2v) is 6.65. The van der Waals surface area contributed by atoms with Gasteiger partial charge < -0.3 is 10.1 Å². The number of nitrogens with zero attached hydrogens (tertiary/aromatic N) is 2. The first-order valence-corrected chi connectivity index (χ1v) is 9.06. The summed E-state index contributed by atoms with van der Waals surface area (Å²) in [6.45, 7) is 2.46. The highest BCUT2D eigenvalue weighted by Crippen LogP contribution is 2.39. The molecule has 0 saturated carbocycles. The first-order chi connectivity index (χ1) is 13.1. The van der Waals surface area contributed by atoms with E-state index in [2.05, 4.69) is 10.4 Å². The monoisotopic (exact) mass is 385 g/mol. The third kappa shape index (κ3) is 3.28. The molecule has 0 fully saturated rings. The average molecular weight is 386 g/mol. The van der Waals surface area contributed by atoms with Gasteiger partial charge in [-0.05, 0) is 48.9 Å². The Balaban J connectivity index is 1.89. The van der Waals surface area contributed by atoms with E-state index in [9.17, 15) is 9.18 Å². The number of carbonyl (C=O) groups excluding carboxylic acids is 1. The molecule has 0 aliphatic carbocycles. The molecule has 1 aliphatic heterocycles. The molecule has 0 saturated heterocycles. The van der Waals surface area contributed by atoms with Crippen molar-refractivity contribution in [2.45, 2.75) is 13.5 Å². The van der Waals surface area contributed by atoms with Crippen LogP contribution in [0.25, 0.3) is 22.4 Å². The minimum Gasteiger partial charge on any atom is -0.482 e. The highest BCUT2D eigenvalue weighted by molar-refractivity contribution is 6.17. The van der Waals surface area contributed by atoms with E-state index < -0.39 is 0 Å². The zero-order valence-electron chi connectivity index (χ0n) is 14.6. The standard InChI is InChI=1S/C20H17ClFN3O2/c1-12-19(14-4-7-17-16(10-14)23-18(26)11-27-17)20(25(24-12)9-8-21)13-2-5-15(22)6-3-13/h2-7,10H,8-9,11H2,1H3,(H,23,26). The van der Waals surface area contributed by atoms with Crippen LogP contribution in [0.5, 0.6) is 5.75 Å². The van der Waals surface area contributed by atoms with Crippen LogP contribution in [-0.4, -0.2) is 28.2 Å². The first-order valence-electron chi connectivity index (χ1n) is 8.53. The maximum Gasteiger partial charge on any atom is 0.262 e. The van der Waals surface area contributed by atoms with E-state index in [1.54, 1.807) is 12.1 Å². The van der Waals surface area contributed by atoms with Crippen LogP contribution in [0.4, 0.5) is 10.1 Å². The van der Waals surface area contributed by atoms with Crippen molar-refractivity contribution in [3.63, 3.8) is 0 Å². The Morgan fingerprint density at radius 2 is 1.96 bits per heavy atom. The molecule has 1 aliphatic rings. The fraction of sp³-hybridized carbons (Fsp3) is 0.200. The molecule has 1 amide bonds. The van der Waals surface area contributed by atoms with Crippen molar-refractivity contribution in [2.24, 2.45) is 0 Å². The van der Waals surface area contributed by atoms with Crippen LogP contribution in [-0.2, 0) is 11.3 Å². The number of ether oxygens (including phenoxy) is 1. The Bertz CT molecular complexity index is 1010. The molecule has 0 atom stereocenters. The van der Waals surface area contributed by atoms with E-state index in [0.717, 1.165) is 28.1 Å². The highest BCUT2D eigenvalue weighted by atomic mass is 35.5. The number of anilines is 1. The van der Waals surface area contributed by atoms with Gasteiger partial charge in [0.05, 0.1) is 23.6 Å². The number of amides is 1. The van der Waals surface area contributed by atoms with E-state index >= 15 is 0 Å². The average Bonchev–Trinajstić information content (AvgIpc) is 2.98. The molecule has 0 unspecified atom stereocenters. The minimum atomic E-state index is -0.297. The van der Waals surface area contributed by atoms with Crippen molar-refractivity contribution < 1.29 is 13.9 Å². The molecular formula is C20H17ClFN3O2. The van der Waals surface area contributed by atoms with Crippen molar-refractivity contribution >= 4 is 23.2 Å². The van der Waals surface area contributed by atoms with Crippen molar-refractivity contribution in [3.05, 3.63) is 54.0 Å². The number of benzene rings is 2. The second kappa shape index (κ2) is 7.04. The molecule has 0 spiro atoms. The Hall–Kier alpha value is -2.86. The normalized spacial score (nSPS) is 13.1. The number of fused-ring (bicyclic) bond motifs is 1. The molecule has 0 bridgehead atoms. The minimum absolute atomic E-state index is 0.0137. The van der Waals surface area contributed by atoms with Crippen LogP contribution in [0, 0.1) is 12.7 Å². The molecule has 0 radical (unpaired) electrons. The number of aryl methyl sites for hydroxylation is 2.